The number of para-hydroxylation sites is 1. The van der Waals surface area contributed by atoms with Crippen molar-refractivity contribution in [1.29, 1.82) is 5.26 Å². The van der Waals surface area contributed by atoms with Crippen LogP contribution in [-0.2, 0) is 9.53 Å². The predicted octanol–water partition coefficient (Wildman–Crippen LogP) is 3.48. The monoisotopic (exact) mass is 355 g/mol. The lowest BCUT2D eigenvalue weighted by Gasteiger charge is -2.26. The molecule has 2 rings (SSSR count). The number of carbonyl (C=O) groups is 2. The summed E-state index contributed by atoms with van der Waals surface area (Å²) in [4.78, 5) is 26.4. The highest BCUT2D eigenvalue weighted by molar-refractivity contribution is 5.99. The van der Waals surface area contributed by atoms with E-state index >= 15 is 0 Å². The average molecular weight is 355 g/mol. The van der Waals surface area contributed by atoms with E-state index in [1.165, 1.54) is 6.20 Å². The Hall–Kier alpha value is -2.81. The van der Waals surface area contributed by atoms with Gasteiger partial charge in [0.2, 0.25) is 0 Å². The minimum Gasteiger partial charge on any atom is -0.462 e. The number of ether oxygens (including phenoxy) is 1. The number of unbranched alkanes of at least 4 members (excludes halogenated alkanes) is 1. The Morgan fingerprint density at radius 2 is 2.00 bits per heavy atom. The van der Waals surface area contributed by atoms with Crippen LogP contribution in [0, 0.1) is 11.3 Å². The van der Waals surface area contributed by atoms with Gasteiger partial charge >= 0.3 is 5.97 Å². The third kappa shape index (κ3) is 5.35. The molecule has 1 aromatic rings. The van der Waals surface area contributed by atoms with Crippen LogP contribution in [0.5, 0.6) is 0 Å². The normalized spacial score (nSPS) is 14.5. The van der Waals surface area contributed by atoms with Crippen molar-refractivity contribution in [2.24, 2.45) is 0 Å². The molecule has 0 saturated carbocycles. The van der Waals surface area contributed by atoms with E-state index in [1.54, 1.807) is 29.2 Å². The van der Waals surface area contributed by atoms with E-state index in [1.807, 2.05) is 13.0 Å². The zero-order valence-corrected chi connectivity index (χ0v) is 15.2. The summed E-state index contributed by atoms with van der Waals surface area (Å²) in [5.41, 5.74) is 0.914. The number of hydrogen-bond acceptors (Lipinski definition) is 5. The number of rotatable bonds is 7. The molecule has 1 aromatic carbocycles. The molecule has 6 nitrogen and oxygen atoms in total. The van der Waals surface area contributed by atoms with Gasteiger partial charge in [0.25, 0.3) is 5.91 Å². The van der Waals surface area contributed by atoms with Crippen LogP contribution in [0.4, 0.5) is 5.69 Å². The van der Waals surface area contributed by atoms with E-state index in [0.717, 1.165) is 32.1 Å². The minimum absolute atomic E-state index is 0.0288. The maximum Gasteiger partial charge on any atom is 0.340 e. The highest BCUT2D eigenvalue weighted by Gasteiger charge is 2.20. The van der Waals surface area contributed by atoms with Crippen molar-refractivity contribution in [1.82, 2.24) is 4.90 Å². The summed E-state index contributed by atoms with van der Waals surface area (Å²) >= 11 is 0. The third-order valence-electron chi connectivity index (χ3n) is 4.24. The number of likely N-dealkylation sites (tertiary alicyclic amines) is 1. The Balaban J connectivity index is 2.09. The summed E-state index contributed by atoms with van der Waals surface area (Å²) in [5, 5.41) is 12.3. The van der Waals surface area contributed by atoms with Crippen LogP contribution in [-0.4, -0.2) is 36.5 Å². The van der Waals surface area contributed by atoms with Crippen LogP contribution in [0.25, 0.3) is 0 Å². The number of esters is 1. The summed E-state index contributed by atoms with van der Waals surface area (Å²) in [5.74, 6) is -0.696. The lowest BCUT2D eigenvalue weighted by atomic mass is 10.1. The molecule has 0 bridgehead atoms. The van der Waals surface area contributed by atoms with E-state index in [2.05, 4.69) is 5.32 Å². The van der Waals surface area contributed by atoms with Crippen molar-refractivity contribution < 1.29 is 14.3 Å². The third-order valence-corrected chi connectivity index (χ3v) is 4.24. The van der Waals surface area contributed by atoms with E-state index in [9.17, 15) is 14.9 Å². The first-order valence-electron chi connectivity index (χ1n) is 9.09. The SMILES string of the molecule is CCCCOC(=O)c1ccccc1N/C=C(/C#N)C(=O)N1CCCCC1. The molecule has 1 heterocycles. The molecule has 1 aliphatic rings. The Morgan fingerprint density at radius 3 is 2.69 bits per heavy atom. The number of benzene rings is 1. The van der Waals surface area contributed by atoms with Crippen molar-refractivity contribution in [3.05, 3.63) is 41.6 Å². The molecule has 1 fully saturated rings. The number of nitriles is 1. The van der Waals surface area contributed by atoms with Gasteiger partial charge in [0.15, 0.2) is 0 Å². The van der Waals surface area contributed by atoms with Gasteiger partial charge in [-0.05, 0) is 37.8 Å². The summed E-state index contributed by atoms with van der Waals surface area (Å²) < 4.78 is 5.25. The van der Waals surface area contributed by atoms with Crippen LogP contribution in [0.1, 0.15) is 49.4 Å². The second kappa shape index (κ2) is 10.2. The Morgan fingerprint density at radius 1 is 1.27 bits per heavy atom. The molecule has 0 atom stereocenters. The fourth-order valence-corrected chi connectivity index (χ4v) is 2.73. The lowest BCUT2D eigenvalue weighted by molar-refractivity contribution is -0.127. The average Bonchev–Trinajstić information content (AvgIpc) is 2.69. The molecular formula is C20H25N3O3. The Bertz CT molecular complexity index is 700. The lowest BCUT2D eigenvalue weighted by Crippen LogP contribution is -2.36. The van der Waals surface area contributed by atoms with Gasteiger partial charge in [-0.2, -0.15) is 5.26 Å². The standard InChI is InChI=1S/C20H25N3O3/c1-2-3-13-26-20(25)17-9-5-6-10-18(17)22-15-16(14-21)19(24)23-11-7-4-8-12-23/h5-6,9-10,15,22H,2-4,7-8,11-13H2,1H3/b16-15-. The number of anilines is 1. The summed E-state index contributed by atoms with van der Waals surface area (Å²) in [6, 6.07) is 8.84. The number of nitrogens with one attached hydrogen (secondary N) is 1. The first-order chi connectivity index (χ1) is 12.7. The maximum absolute atomic E-state index is 12.4. The molecule has 0 aromatic heterocycles. The summed E-state index contributed by atoms with van der Waals surface area (Å²) in [6.45, 7) is 3.75. The van der Waals surface area contributed by atoms with Gasteiger partial charge in [0, 0.05) is 19.3 Å². The largest absolute Gasteiger partial charge is 0.462 e. The molecule has 26 heavy (non-hydrogen) atoms. The number of carbonyl (C=O) groups excluding carboxylic acids is 2. The molecule has 0 spiro atoms. The second-order valence-electron chi connectivity index (χ2n) is 6.20. The van der Waals surface area contributed by atoms with Crippen molar-refractivity contribution in [2.45, 2.75) is 39.0 Å². The zero-order valence-electron chi connectivity index (χ0n) is 15.2. The Labute approximate surface area is 154 Å². The molecule has 138 valence electrons. The first-order valence-corrected chi connectivity index (χ1v) is 9.09. The number of nitrogens with zero attached hydrogens (tertiary/aromatic N) is 2. The van der Waals surface area contributed by atoms with Gasteiger partial charge in [-0.25, -0.2) is 4.79 Å². The van der Waals surface area contributed by atoms with Crippen molar-refractivity contribution in [3.8, 4) is 6.07 Å². The number of hydrogen-bond donors (Lipinski definition) is 1. The van der Waals surface area contributed by atoms with Crippen LogP contribution in [0.2, 0.25) is 0 Å². The molecule has 0 radical (unpaired) electrons. The van der Waals surface area contributed by atoms with Gasteiger partial charge < -0.3 is 15.0 Å². The maximum atomic E-state index is 12.4. The molecule has 1 aliphatic heterocycles. The van der Waals surface area contributed by atoms with Crippen LogP contribution in [0.15, 0.2) is 36.0 Å². The van der Waals surface area contributed by atoms with Crippen molar-refractivity contribution in [3.63, 3.8) is 0 Å². The fourth-order valence-electron chi connectivity index (χ4n) is 2.73. The Kier molecular flexibility index (Phi) is 7.69. The van der Waals surface area contributed by atoms with E-state index < -0.39 is 5.97 Å². The molecule has 1 N–H and O–H groups in total. The molecule has 1 saturated heterocycles. The van der Waals surface area contributed by atoms with Crippen LogP contribution < -0.4 is 5.32 Å². The number of piperidine rings is 1. The molecule has 6 heteroatoms. The number of amides is 1. The predicted molar refractivity (Wildman–Crippen MR) is 99.4 cm³/mol. The van der Waals surface area contributed by atoms with Crippen LogP contribution in [0.3, 0.4) is 0 Å². The van der Waals surface area contributed by atoms with E-state index in [4.69, 9.17) is 4.74 Å². The topological polar surface area (TPSA) is 82.4 Å². The molecule has 0 aliphatic carbocycles. The zero-order chi connectivity index (χ0) is 18.8. The highest BCUT2D eigenvalue weighted by Crippen LogP contribution is 2.18. The highest BCUT2D eigenvalue weighted by atomic mass is 16.5. The fraction of sp³-hybridized carbons (Fsp3) is 0.450. The summed E-state index contributed by atoms with van der Waals surface area (Å²) in [6.07, 6.45) is 6.16. The smallest absolute Gasteiger partial charge is 0.340 e. The molecule has 1 amide bonds. The van der Waals surface area contributed by atoms with Gasteiger partial charge in [-0.3, -0.25) is 4.79 Å². The van der Waals surface area contributed by atoms with Gasteiger partial charge in [-0.1, -0.05) is 25.5 Å². The van der Waals surface area contributed by atoms with Crippen molar-refractivity contribution in [2.75, 3.05) is 25.0 Å². The summed E-state index contributed by atoms with van der Waals surface area (Å²) in [7, 11) is 0. The minimum atomic E-state index is -0.421. The molecular weight excluding hydrogens is 330 g/mol. The van der Waals surface area contributed by atoms with E-state index in [0.29, 0.717) is 30.9 Å². The van der Waals surface area contributed by atoms with Crippen molar-refractivity contribution >= 4 is 17.6 Å². The van der Waals surface area contributed by atoms with Gasteiger partial charge in [0.1, 0.15) is 11.6 Å². The molecule has 0 unspecified atom stereocenters. The second-order valence-corrected chi connectivity index (χ2v) is 6.20. The quantitative estimate of drug-likeness (QED) is 0.350. The van der Waals surface area contributed by atoms with E-state index in [-0.39, 0.29) is 11.5 Å². The first kappa shape index (κ1) is 19.5. The van der Waals surface area contributed by atoms with Gasteiger partial charge in [-0.15, -0.1) is 0 Å². The van der Waals surface area contributed by atoms with Gasteiger partial charge in [0.05, 0.1) is 17.9 Å². The van der Waals surface area contributed by atoms with Crippen LogP contribution >= 0.6 is 0 Å².